The minimum Gasteiger partial charge on any atom is -0.377 e. The number of ether oxygens (including phenoxy) is 1. The molecule has 1 N–H and O–H groups in total. The van der Waals surface area contributed by atoms with Crippen LogP contribution in [0.2, 0.25) is 0 Å². The van der Waals surface area contributed by atoms with Crippen LogP contribution in [-0.4, -0.2) is 33.1 Å². The molecule has 0 bridgehead atoms. The van der Waals surface area contributed by atoms with E-state index in [1.165, 1.54) is 20.0 Å². The van der Waals surface area contributed by atoms with E-state index in [1.54, 1.807) is 0 Å². The standard InChI is InChI=1S/C6H6.C4H9N.C3H6O2/c1-2-4-6-5-3-1;1-5-4-2-3-4;1-5-3-2-4/h1-6H;4-5H,2-3H2,1H3;2H,3H2,1H3. The van der Waals surface area contributed by atoms with Gasteiger partial charge in [0.2, 0.25) is 0 Å². The SMILES string of the molecule is CNC1CC1.COCC=O.c1ccccc1. The van der Waals surface area contributed by atoms with Gasteiger partial charge >= 0.3 is 0 Å². The number of aldehydes is 1. The van der Waals surface area contributed by atoms with Gasteiger partial charge in [-0.15, -0.1) is 0 Å². The Morgan fingerprint density at radius 2 is 1.62 bits per heavy atom. The lowest BCUT2D eigenvalue weighted by molar-refractivity contribution is -0.110. The monoisotopic (exact) mass is 223 g/mol. The normalized spacial score (nSPS) is 12.6. The average molecular weight is 223 g/mol. The topological polar surface area (TPSA) is 38.3 Å². The number of benzene rings is 1. The first kappa shape index (κ1) is 14.8. The first-order valence-electron chi connectivity index (χ1n) is 5.45. The molecule has 0 spiro atoms. The Bertz CT molecular complexity index is 208. The molecule has 0 radical (unpaired) electrons. The van der Waals surface area contributed by atoms with Crippen molar-refractivity contribution in [2.75, 3.05) is 20.8 Å². The number of methoxy groups -OCH3 is 1. The molecule has 0 saturated heterocycles. The summed E-state index contributed by atoms with van der Waals surface area (Å²) in [6.45, 7) is 0.208. The van der Waals surface area contributed by atoms with E-state index >= 15 is 0 Å². The van der Waals surface area contributed by atoms with Gasteiger partial charge in [0.05, 0.1) is 0 Å². The summed E-state index contributed by atoms with van der Waals surface area (Å²) in [6, 6.07) is 12.9. The molecule has 16 heavy (non-hydrogen) atoms. The summed E-state index contributed by atoms with van der Waals surface area (Å²) >= 11 is 0. The molecule has 90 valence electrons. The molecule has 2 rings (SSSR count). The lowest BCUT2D eigenvalue weighted by Crippen LogP contribution is -2.06. The molecular formula is C13H21NO2. The second kappa shape index (κ2) is 11.9. The predicted octanol–water partition coefficient (Wildman–Crippen LogP) is 1.89. The number of nitrogens with one attached hydrogen (secondary N) is 1. The first-order chi connectivity index (χ1) is 7.85. The van der Waals surface area contributed by atoms with Gasteiger partial charge in [0.15, 0.2) is 0 Å². The van der Waals surface area contributed by atoms with Gasteiger partial charge in [0.25, 0.3) is 0 Å². The van der Waals surface area contributed by atoms with Gasteiger partial charge in [0, 0.05) is 13.2 Å². The maximum atomic E-state index is 9.28. The van der Waals surface area contributed by atoms with Gasteiger partial charge < -0.3 is 14.8 Å². The Balaban J connectivity index is 0.000000213. The fourth-order valence-electron chi connectivity index (χ4n) is 0.825. The smallest absolute Gasteiger partial charge is 0.145 e. The predicted molar refractivity (Wildman–Crippen MR) is 66.5 cm³/mol. The molecule has 1 fully saturated rings. The highest BCUT2D eigenvalue weighted by molar-refractivity contribution is 5.50. The fraction of sp³-hybridized carbons (Fsp3) is 0.462. The lowest BCUT2D eigenvalue weighted by Gasteiger charge is -1.80. The number of carbonyl (C=O) groups is 1. The van der Waals surface area contributed by atoms with Crippen molar-refractivity contribution in [1.82, 2.24) is 5.32 Å². The van der Waals surface area contributed by atoms with Crippen LogP contribution in [0.1, 0.15) is 12.8 Å². The van der Waals surface area contributed by atoms with Crippen molar-refractivity contribution >= 4 is 6.29 Å². The van der Waals surface area contributed by atoms with Crippen molar-refractivity contribution in [3.63, 3.8) is 0 Å². The maximum absolute atomic E-state index is 9.28. The van der Waals surface area contributed by atoms with E-state index < -0.39 is 0 Å². The van der Waals surface area contributed by atoms with Crippen LogP contribution in [-0.2, 0) is 9.53 Å². The molecule has 0 atom stereocenters. The number of rotatable bonds is 3. The van der Waals surface area contributed by atoms with Crippen LogP contribution in [0.25, 0.3) is 0 Å². The molecular weight excluding hydrogens is 202 g/mol. The highest BCUT2D eigenvalue weighted by Gasteiger charge is 2.17. The Kier molecular flexibility index (Phi) is 11.0. The highest BCUT2D eigenvalue weighted by atomic mass is 16.5. The van der Waals surface area contributed by atoms with Gasteiger partial charge in [-0.2, -0.15) is 0 Å². The number of hydrogen-bond acceptors (Lipinski definition) is 3. The Hall–Kier alpha value is -1.19. The summed E-state index contributed by atoms with van der Waals surface area (Å²) in [5, 5.41) is 3.14. The maximum Gasteiger partial charge on any atom is 0.145 e. The Morgan fingerprint density at radius 3 is 1.69 bits per heavy atom. The van der Waals surface area contributed by atoms with Crippen LogP contribution < -0.4 is 5.32 Å². The number of carbonyl (C=O) groups excluding carboxylic acids is 1. The van der Waals surface area contributed by atoms with Gasteiger partial charge in [-0.05, 0) is 19.9 Å². The zero-order valence-electron chi connectivity index (χ0n) is 10.1. The third-order valence-electron chi connectivity index (χ3n) is 1.89. The molecule has 3 heteroatoms. The highest BCUT2D eigenvalue weighted by Crippen LogP contribution is 2.16. The van der Waals surface area contributed by atoms with Gasteiger partial charge in [-0.25, -0.2) is 0 Å². The summed E-state index contributed by atoms with van der Waals surface area (Å²) in [4.78, 5) is 9.28. The fourth-order valence-corrected chi connectivity index (χ4v) is 0.825. The summed E-state index contributed by atoms with van der Waals surface area (Å²) in [6.07, 6.45) is 3.51. The molecule has 1 aromatic rings. The summed E-state index contributed by atoms with van der Waals surface area (Å²) < 4.78 is 4.32. The third kappa shape index (κ3) is 12.8. The van der Waals surface area contributed by atoms with E-state index in [9.17, 15) is 4.79 Å². The molecule has 1 aliphatic carbocycles. The Labute approximate surface area is 97.8 Å². The quantitative estimate of drug-likeness (QED) is 0.795. The zero-order valence-corrected chi connectivity index (χ0v) is 10.1. The van der Waals surface area contributed by atoms with Crippen LogP contribution in [0.5, 0.6) is 0 Å². The summed E-state index contributed by atoms with van der Waals surface area (Å²) in [7, 11) is 3.49. The van der Waals surface area contributed by atoms with Gasteiger partial charge in [0.1, 0.15) is 12.9 Å². The van der Waals surface area contributed by atoms with Crippen molar-refractivity contribution in [2.45, 2.75) is 18.9 Å². The molecule has 0 amide bonds. The van der Waals surface area contributed by atoms with Crippen molar-refractivity contribution in [2.24, 2.45) is 0 Å². The van der Waals surface area contributed by atoms with E-state index in [4.69, 9.17) is 0 Å². The van der Waals surface area contributed by atoms with E-state index in [0.29, 0.717) is 6.29 Å². The van der Waals surface area contributed by atoms with Crippen molar-refractivity contribution in [3.8, 4) is 0 Å². The molecule has 1 aromatic carbocycles. The summed E-state index contributed by atoms with van der Waals surface area (Å²) in [5.41, 5.74) is 0. The van der Waals surface area contributed by atoms with E-state index in [0.717, 1.165) is 6.04 Å². The first-order valence-corrected chi connectivity index (χ1v) is 5.45. The van der Waals surface area contributed by atoms with Crippen LogP contribution >= 0.6 is 0 Å². The molecule has 0 aromatic heterocycles. The molecule has 3 nitrogen and oxygen atoms in total. The van der Waals surface area contributed by atoms with Crippen LogP contribution in [0.15, 0.2) is 36.4 Å². The second-order valence-electron chi connectivity index (χ2n) is 3.34. The van der Waals surface area contributed by atoms with Crippen LogP contribution in [0.3, 0.4) is 0 Å². The molecule has 0 unspecified atom stereocenters. The van der Waals surface area contributed by atoms with Crippen molar-refractivity contribution < 1.29 is 9.53 Å². The van der Waals surface area contributed by atoms with Crippen molar-refractivity contribution in [1.29, 1.82) is 0 Å². The van der Waals surface area contributed by atoms with E-state index in [1.807, 2.05) is 43.4 Å². The van der Waals surface area contributed by atoms with Crippen LogP contribution in [0.4, 0.5) is 0 Å². The largest absolute Gasteiger partial charge is 0.377 e. The lowest BCUT2D eigenvalue weighted by atomic mass is 10.4. The van der Waals surface area contributed by atoms with Gasteiger partial charge in [-0.1, -0.05) is 36.4 Å². The molecule has 0 heterocycles. The summed E-state index contributed by atoms with van der Waals surface area (Å²) in [5.74, 6) is 0. The van der Waals surface area contributed by atoms with Gasteiger partial charge in [-0.3, -0.25) is 0 Å². The minimum atomic E-state index is 0.208. The average Bonchev–Trinajstić information content (AvgIpc) is 3.18. The number of hydrogen-bond donors (Lipinski definition) is 1. The molecule has 1 aliphatic rings. The molecule has 1 saturated carbocycles. The molecule has 0 aliphatic heterocycles. The Morgan fingerprint density at radius 1 is 1.19 bits per heavy atom. The zero-order chi connectivity index (χ0) is 12.1. The minimum absolute atomic E-state index is 0.208. The van der Waals surface area contributed by atoms with E-state index in [-0.39, 0.29) is 6.61 Å². The third-order valence-corrected chi connectivity index (χ3v) is 1.89. The van der Waals surface area contributed by atoms with Crippen molar-refractivity contribution in [3.05, 3.63) is 36.4 Å². The van der Waals surface area contributed by atoms with Crippen LogP contribution in [0, 0.1) is 0 Å². The van der Waals surface area contributed by atoms with E-state index in [2.05, 4.69) is 10.1 Å². The second-order valence-corrected chi connectivity index (χ2v) is 3.34.